The van der Waals surface area contributed by atoms with E-state index in [0.29, 0.717) is 5.69 Å². The number of methoxy groups -OCH3 is 1. The third-order valence-electron chi connectivity index (χ3n) is 2.87. The van der Waals surface area contributed by atoms with Crippen LogP contribution in [-0.4, -0.2) is 30.4 Å². The normalized spacial score (nSPS) is 10.3. The number of ether oxygens (including phenoxy) is 1. The number of hydrazone groups is 1. The first-order valence-corrected chi connectivity index (χ1v) is 6.66. The fourth-order valence-corrected chi connectivity index (χ4v) is 1.71. The van der Waals surface area contributed by atoms with E-state index in [9.17, 15) is 14.7 Å². The number of rotatable bonds is 4. The van der Waals surface area contributed by atoms with Crippen molar-refractivity contribution in [3.8, 4) is 5.75 Å². The van der Waals surface area contributed by atoms with Gasteiger partial charge in [-0.05, 0) is 29.8 Å². The Kier molecular flexibility index (Phi) is 5.30. The van der Waals surface area contributed by atoms with Gasteiger partial charge in [-0.1, -0.05) is 24.3 Å². The second-order valence-electron chi connectivity index (χ2n) is 4.45. The van der Waals surface area contributed by atoms with Crippen molar-refractivity contribution in [1.82, 2.24) is 5.43 Å². The number of anilines is 1. The molecule has 0 radical (unpaired) electrons. The predicted octanol–water partition coefficient (Wildman–Crippen LogP) is 2.33. The van der Waals surface area contributed by atoms with Crippen LogP contribution in [-0.2, 0) is 4.74 Å². The van der Waals surface area contributed by atoms with E-state index in [0.717, 1.165) is 5.56 Å². The zero-order valence-corrected chi connectivity index (χ0v) is 12.3. The summed E-state index contributed by atoms with van der Waals surface area (Å²) in [4.78, 5) is 22.9. The molecule has 7 heteroatoms. The maximum atomic E-state index is 11.8. The van der Waals surface area contributed by atoms with Crippen molar-refractivity contribution >= 4 is 23.9 Å². The van der Waals surface area contributed by atoms with Crippen molar-refractivity contribution in [1.29, 1.82) is 0 Å². The molecular formula is C16H15N3O4. The average Bonchev–Trinajstić information content (AvgIpc) is 2.56. The van der Waals surface area contributed by atoms with Crippen molar-refractivity contribution in [3.05, 3.63) is 59.7 Å². The van der Waals surface area contributed by atoms with Crippen LogP contribution < -0.4 is 10.7 Å². The summed E-state index contributed by atoms with van der Waals surface area (Å²) in [5.41, 5.74) is 3.76. The quantitative estimate of drug-likeness (QED) is 0.596. The topological polar surface area (TPSA) is 100 Å². The Hall–Kier alpha value is -3.35. The van der Waals surface area contributed by atoms with Crippen LogP contribution in [0.4, 0.5) is 10.5 Å². The summed E-state index contributed by atoms with van der Waals surface area (Å²) in [6.45, 7) is 0. The first-order valence-electron chi connectivity index (χ1n) is 6.66. The molecule has 2 rings (SSSR count). The van der Waals surface area contributed by atoms with Crippen LogP contribution in [0.15, 0.2) is 53.6 Å². The summed E-state index contributed by atoms with van der Waals surface area (Å²) in [5.74, 6) is -0.623. The summed E-state index contributed by atoms with van der Waals surface area (Å²) in [6, 6.07) is 12.9. The second-order valence-corrected chi connectivity index (χ2v) is 4.45. The predicted molar refractivity (Wildman–Crippen MR) is 85.6 cm³/mol. The van der Waals surface area contributed by atoms with Gasteiger partial charge in [-0.25, -0.2) is 10.2 Å². The molecule has 0 heterocycles. The van der Waals surface area contributed by atoms with Crippen molar-refractivity contribution in [3.63, 3.8) is 0 Å². The number of aromatic hydroxyl groups is 1. The molecule has 0 aliphatic carbocycles. The average molecular weight is 313 g/mol. The fourth-order valence-electron chi connectivity index (χ4n) is 1.71. The highest BCUT2D eigenvalue weighted by Gasteiger charge is 2.08. The van der Waals surface area contributed by atoms with E-state index in [1.165, 1.54) is 25.5 Å². The van der Waals surface area contributed by atoms with E-state index in [1.54, 1.807) is 36.4 Å². The van der Waals surface area contributed by atoms with Crippen LogP contribution in [0.1, 0.15) is 15.9 Å². The maximum absolute atomic E-state index is 11.8. The highest BCUT2D eigenvalue weighted by molar-refractivity contribution is 5.97. The second kappa shape index (κ2) is 7.60. The molecule has 0 aliphatic heterocycles. The number of hydrogen-bond donors (Lipinski definition) is 3. The molecule has 0 saturated heterocycles. The summed E-state index contributed by atoms with van der Waals surface area (Å²) >= 11 is 0. The molecule has 0 unspecified atom stereocenters. The smallest absolute Gasteiger partial charge is 0.411 e. The Morgan fingerprint density at radius 1 is 1.13 bits per heavy atom. The van der Waals surface area contributed by atoms with Gasteiger partial charge in [-0.15, -0.1) is 0 Å². The monoisotopic (exact) mass is 313 g/mol. The zero-order chi connectivity index (χ0) is 16.7. The minimum atomic E-state index is -0.554. The summed E-state index contributed by atoms with van der Waals surface area (Å²) < 4.78 is 4.48. The maximum Gasteiger partial charge on any atom is 0.411 e. The molecule has 2 amide bonds. The Morgan fingerprint density at radius 2 is 1.83 bits per heavy atom. The van der Waals surface area contributed by atoms with Crippen LogP contribution in [0.2, 0.25) is 0 Å². The van der Waals surface area contributed by atoms with Gasteiger partial charge in [0.1, 0.15) is 5.75 Å². The van der Waals surface area contributed by atoms with Crippen molar-refractivity contribution < 1.29 is 19.4 Å². The van der Waals surface area contributed by atoms with Crippen molar-refractivity contribution in [2.24, 2.45) is 5.10 Å². The molecule has 7 nitrogen and oxygen atoms in total. The van der Waals surface area contributed by atoms with E-state index in [1.807, 2.05) is 0 Å². The number of amides is 2. The lowest BCUT2D eigenvalue weighted by atomic mass is 10.2. The lowest BCUT2D eigenvalue weighted by Crippen LogP contribution is -2.17. The lowest BCUT2D eigenvalue weighted by Gasteiger charge is -2.03. The largest absolute Gasteiger partial charge is 0.507 e. The summed E-state index contributed by atoms with van der Waals surface area (Å²) in [6.07, 6.45) is 0.890. The van der Waals surface area contributed by atoms with Gasteiger partial charge in [0.2, 0.25) is 0 Å². The van der Waals surface area contributed by atoms with Gasteiger partial charge in [-0.2, -0.15) is 5.10 Å². The Bertz CT molecular complexity index is 726. The van der Waals surface area contributed by atoms with Gasteiger partial charge in [-0.3, -0.25) is 10.1 Å². The van der Waals surface area contributed by atoms with Gasteiger partial charge < -0.3 is 9.84 Å². The molecule has 0 aliphatic rings. The van der Waals surface area contributed by atoms with E-state index in [4.69, 9.17) is 0 Å². The van der Waals surface area contributed by atoms with Crippen LogP contribution in [0, 0.1) is 0 Å². The van der Waals surface area contributed by atoms with Crippen molar-refractivity contribution in [2.45, 2.75) is 0 Å². The van der Waals surface area contributed by atoms with Gasteiger partial charge in [0.15, 0.2) is 0 Å². The Labute approximate surface area is 132 Å². The van der Waals surface area contributed by atoms with Crippen LogP contribution >= 0.6 is 0 Å². The number of nitrogens with zero attached hydrogens (tertiary/aromatic N) is 1. The highest BCUT2D eigenvalue weighted by Crippen LogP contribution is 2.15. The molecule has 0 spiro atoms. The molecule has 0 bridgehead atoms. The van der Waals surface area contributed by atoms with E-state index < -0.39 is 12.0 Å². The number of para-hydroxylation sites is 1. The molecule has 0 saturated carbocycles. The molecule has 2 aromatic carbocycles. The molecule has 3 N–H and O–H groups in total. The molecule has 2 aromatic rings. The number of benzene rings is 2. The number of carbonyl (C=O) groups is 2. The Balaban J connectivity index is 1.94. The van der Waals surface area contributed by atoms with Crippen molar-refractivity contribution in [2.75, 3.05) is 12.4 Å². The molecule has 118 valence electrons. The minimum Gasteiger partial charge on any atom is -0.507 e. The van der Waals surface area contributed by atoms with Crippen LogP contribution in [0.25, 0.3) is 0 Å². The summed E-state index contributed by atoms with van der Waals surface area (Å²) in [5, 5.41) is 15.9. The molecule has 23 heavy (non-hydrogen) atoms. The van der Waals surface area contributed by atoms with Crippen LogP contribution in [0.3, 0.4) is 0 Å². The number of phenols is 1. The molecule has 0 atom stereocenters. The molecule has 0 fully saturated rings. The number of carbonyl (C=O) groups excluding carboxylic acids is 2. The first kappa shape index (κ1) is 16.0. The highest BCUT2D eigenvalue weighted by atomic mass is 16.5. The Morgan fingerprint density at radius 3 is 2.48 bits per heavy atom. The SMILES string of the molecule is COC(=O)Nc1ccc(/C=N/NC(=O)c2ccccc2O)cc1. The van der Waals surface area contributed by atoms with Gasteiger partial charge in [0.25, 0.3) is 5.91 Å². The van der Waals surface area contributed by atoms with E-state index in [-0.39, 0.29) is 11.3 Å². The van der Waals surface area contributed by atoms with E-state index >= 15 is 0 Å². The standard InChI is InChI=1S/C16H15N3O4/c1-23-16(22)18-12-8-6-11(7-9-12)10-17-19-15(21)13-4-2-3-5-14(13)20/h2-10,20H,1H3,(H,18,22)(H,19,21)/b17-10+. The zero-order valence-electron chi connectivity index (χ0n) is 12.3. The van der Waals surface area contributed by atoms with Gasteiger partial charge in [0.05, 0.1) is 18.9 Å². The number of hydrogen-bond acceptors (Lipinski definition) is 5. The first-order chi connectivity index (χ1) is 11.1. The fraction of sp³-hybridized carbons (Fsp3) is 0.0625. The minimum absolute atomic E-state index is 0.113. The van der Waals surface area contributed by atoms with Gasteiger partial charge in [0, 0.05) is 5.69 Å². The third kappa shape index (κ3) is 4.57. The lowest BCUT2D eigenvalue weighted by molar-refractivity contribution is 0.0952. The summed E-state index contributed by atoms with van der Waals surface area (Å²) in [7, 11) is 1.28. The van der Waals surface area contributed by atoms with E-state index in [2.05, 4.69) is 20.6 Å². The van der Waals surface area contributed by atoms with Gasteiger partial charge >= 0.3 is 6.09 Å². The van der Waals surface area contributed by atoms with Crippen LogP contribution in [0.5, 0.6) is 5.75 Å². The number of phenolic OH excluding ortho intramolecular Hbond substituents is 1. The number of nitrogens with one attached hydrogen (secondary N) is 2. The molecular weight excluding hydrogens is 298 g/mol. The third-order valence-corrected chi connectivity index (χ3v) is 2.87. The molecule has 0 aromatic heterocycles.